The Morgan fingerprint density at radius 3 is 3.00 bits per heavy atom. The highest BCUT2D eigenvalue weighted by atomic mass is 19.1. The van der Waals surface area contributed by atoms with Crippen LogP contribution < -0.4 is 10.5 Å². The van der Waals surface area contributed by atoms with Crippen LogP contribution in [-0.2, 0) is 6.42 Å². The third-order valence-corrected chi connectivity index (χ3v) is 4.42. The minimum absolute atomic E-state index is 0.245. The topological polar surface area (TPSA) is 84.5 Å². The highest BCUT2D eigenvalue weighted by Crippen LogP contribution is 2.24. The zero-order valence-corrected chi connectivity index (χ0v) is 13.1. The predicted molar refractivity (Wildman–Crippen MR) is 84.8 cm³/mol. The molecule has 6 nitrogen and oxygen atoms in total. The fourth-order valence-corrected chi connectivity index (χ4v) is 3.00. The summed E-state index contributed by atoms with van der Waals surface area (Å²) < 4.78 is 19.3. The Hall–Kier alpha value is -1.83. The van der Waals surface area contributed by atoms with Gasteiger partial charge in [-0.3, -0.25) is 9.88 Å². The Morgan fingerprint density at radius 1 is 1.48 bits per heavy atom. The Morgan fingerprint density at radius 2 is 2.30 bits per heavy atom. The van der Waals surface area contributed by atoms with Gasteiger partial charge in [-0.05, 0) is 18.9 Å². The van der Waals surface area contributed by atoms with Crippen molar-refractivity contribution in [2.75, 3.05) is 33.3 Å². The number of hydrogen-bond acceptors (Lipinski definition) is 6. The van der Waals surface area contributed by atoms with Gasteiger partial charge in [0, 0.05) is 37.8 Å². The molecule has 1 unspecified atom stereocenters. The van der Waals surface area contributed by atoms with Gasteiger partial charge in [-0.25, -0.2) is 9.37 Å². The van der Waals surface area contributed by atoms with Crippen LogP contribution in [0.2, 0.25) is 0 Å². The van der Waals surface area contributed by atoms with Gasteiger partial charge in [-0.15, -0.1) is 0 Å². The van der Waals surface area contributed by atoms with Crippen LogP contribution in [0, 0.1) is 5.82 Å². The van der Waals surface area contributed by atoms with E-state index in [0.29, 0.717) is 48.4 Å². The molecule has 3 rings (SSSR count). The number of methoxy groups -OCH3 is 1. The molecule has 2 aromatic heterocycles. The fraction of sp³-hybridized carbons (Fsp3) is 0.500. The number of aliphatic hydroxyl groups is 1. The minimum Gasteiger partial charge on any atom is -0.481 e. The second-order valence-corrected chi connectivity index (χ2v) is 6.01. The third kappa shape index (κ3) is 3.26. The summed E-state index contributed by atoms with van der Waals surface area (Å²) in [5.74, 6) is 0.0661. The Bertz CT molecular complexity index is 712. The second kappa shape index (κ2) is 6.35. The first-order chi connectivity index (χ1) is 11.0. The normalized spacial score (nSPS) is 21.9. The fourth-order valence-electron chi connectivity index (χ4n) is 3.00. The number of aromatic nitrogens is 2. The summed E-state index contributed by atoms with van der Waals surface area (Å²) >= 11 is 0. The van der Waals surface area contributed by atoms with Crippen molar-refractivity contribution in [3.05, 3.63) is 29.7 Å². The lowest BCUT2D eigenvalue weighted by molar-refractivity contribution is 0.0583. The van der Waals surface area contributed by atoms with Crippen molar-refractivity contribution < 1.29 is 14.2 Å². The van der Waals surface area contributed by atoms with E-state index < -0.39 is 5.60 Å². The molecule has 0 saturated carbocycles. The van der Waals surface area contributed by atoms with Crippen LogP contribution in [0.4, 0.5) is 4.39 Å². The van der Waals surface area contributed by atoms with Gasteiger partial charge in [0.1, 0.15) is 5.82 Å². The van der Waals surface area contributed by atoms with Crippen LogP contribution in [0.3, 0.4) is 0 Å². The molecule has 1 atom stereocenters. The zero-order chi connectivity index (χ0) is 16.4. The van der Waals surface area contributed by atoms with Gasteiger partial charge in [0.15, 0.2) is 0 Å². The number of nitrogens with zero attached hydrogens (tertiary/aromatic N) is 3. The molecule has 1 fully saturated rings. The molecule has 2 aromatic rings. The average molecular weight is 320 g/mol. The van der Waals surface area contributed by atoms with Crippen molar-refractivity contribution in [2.45, 2.75) is 18.4 Å². The smallest absolute Gasteiger partial charge is 0.213 e. The monoisotopic (exact) mass is 320 g/mol. The number of rotatable bonds is 5. The molecule has 1 aliphatic rings. The van der Waals surface area contributed by atoms with E-state index in [2.05, 4.69) is 14.9 Å². The lowest BCUT2D eigenvalue weighted by atomic mass is 10.0. The number of β-amino-alcohol motifs (C(OH)–C–C–N with tert-alkyl or cyclic N) is 1. The number of nitrogens with two attached hydrogens (primary N) is 1. The highest BCUT2D eigenvalue weighted by molar-refractivity contribution is 5.78. The average Bonchev–Trinajstić information content (AvgIpc) is 2.95. The highest BCUT2D eigenvalue weighted by Gasteiger charge is 2.34. The van der Waals surface area contributed by atoms with Crippen LogP contribution in [0.25, 0.3) is 11.0 Å². The van der Waals surface area contributed by atoms with Crippen LogP contribution in [0.15, 0.2) is 18.3 Å². The molecule has 1 aliphatic heterocycles. The summed E-state index contributed by atoms with van der Waals surface area (Å²) in [6.45, 7) is 2.16. The lowest BCUT2D eigenvalue weighted by Crippen LogP contribution is -2.40. The maximum Gasteiger partial charge on any atom is 0.213 e. The first kappa shape index (κ1) is 16.0. The molecule has 0 amide bonds. The molecule has 23 heavy (non-hydrogen) atoms. The maximum absolute atomic E-state index is 14.2. The third-order valence-electron chi connectivity index (χ3n) is 4.42. The van der Waals surface area contributed by atoms with Crippen molar-refractivity contribution in [3.8, 4) is 5.88 Å². The van der Waals surface area contributed by atoms with Gasteiger partial charge in [0.25, 0.3) is 0 Å². The van der Waals surface area contributed by atoms with Crippen LogP contribution in [0.5, 0.6) is 5.88 Å². The van der Waals surface area contributed by atoms with E-state index in [1.807, 2.05) is 0 Å². The molecule has 0 bridgehead atoms. The van der Waals surface area contributed by atoms with E-state index in [0.717, 1.165) is 6.54 Å². The molecular weight excluding hydrogens is 299 g/mol. The van der Waals surface area contributed by atoms with E-state index in [1.165, 1.54) is 13.3 Å². The summed E-state index contributed by atoms with van der Waals surface area (Å²) in [4.78, 5) is 10.5. The van der Waals surface area contributed by atoms with E-state index in [1.54, 1.807) is 12.1 Å². The number of pyridine rings is 2. The molecule has 0 spiro atoms. The summed E-state index contributed by atoms with van der Waals surface area (Å²) in [6, 6.07) is 3.48. The van der Waals surface area contributed by atoms with Crippen molar-refractivity contribution >= 4 is 11.0 Å². The minimum atomic E-state index is -0.819. The molecule has 3 heterocycles. The number of hydrogen-bond donors (Lipinski definition) is 2. The molecule has 0 radical (unpaired) electrons. The number of fused-ring (bicyclic) bond motifs is 1. The predicted octanol–water partition coefficient (Wildman–Crippen LogP) is 0.716. The van der Waals surface area contributed by atoms with Crippen molar-refractivity contribution in [3.63, 3.8) is 0 Å². The molecular formula is C16H21FN4O2. The second-order valence-electron chi connectivity index (χ2n) is 6.01. The van der Waals surface area contributed by atoms with Crippen LogP contribution >= 0.6 is 0 Å². The number of halogens is 1. The SMILES string of the molecule is COc1ccc2ncc(F)c(CCN3CCC(O)(CN)C3)c2n1. The summed E-state index contributed by atoms with van der Waals surface area (Å²) in [5, 5.41) is 10.2. The standard InChI is InChI=1S/C16H21FN4O2/c1-23-14-3-2-13-15(20-14)11(12(17)8-19-13)4-6-21-7-5-16(22,9-18)10-21/h2-3,8,22H,4-7,9-10,18H2,1H3. The Labute approximate surface area is 134 Å². The summed E-state index contributed by atoms with van der Waals surface area (Å²) in [7, 11) is 1.53. The Balaban J connectivity index is 1.81. The van der Waals surface area contributed by atoms with E-state index >= 15 is 0 Å². The van der Waals surface area contributed by atoms with Gasteiger partial charge in [-0.1, -0.05) is 0 Å². The van der Waals surface area contributed by atoms with Gasteiger partial charge in [0.05, 0.1) is 29.9 Å². The van der Waals surface area contributed by atoms with Crippen LogP contribution in [0.1, 0.15) is 12.0 Å². The van der Waals surface area contributed by atoms with E-state index in [4.69, 9.17) is 10.5 Å². The number of ether oxygens (including phenoxy) is 1. The summed E-state index contributed by atoms with van der Waals surface area (Å²) in [5.41, 5.74) is 6.47. The molecule has 3 N–H and O–H groups in total. The first-order valence-electron chi connectivity index (χ1n) is 7.67. The zero-order valence-electron chi connectivity index (χ0n) is 13.1. The summed E-state index contributed by atoms with van der Waals surface area (Å²) in [6.07, 6.45) is 2.37. The van der Waals surface area contributed by atoms with E-state index in [9.17, 15) is 9.50 Å². The van der Waals surface area contributed by atoms with Gasteiger partial charge in [-0.2, -0.15) is 0 Å². The molecule has 124 valence electrons. The first-order valence-corrected chi connectivity index (χ1v) is 7.67. The van der Waals surface area contributed by atoms with Gasteiger partial charge < -0.3 is 15.6 Å². The molecule has 7 heteroatoms. The van der Waals surface area contributed by atoms with Gasteiger partial charge in [0.2, 0.25) is 5.88 Å². The van der Waals surface area contributed by atoms with Crippen molar-refractivity contribution in [2.24, 2.45) is 5.73 Å². The Kier molecular flexibility index (Phi) is 4.43. The molecule has 0 aromatic carbocycles. The number of likely N-dealkylation sites (tertiary alicyclic amines) is 1. The maximum atomic E-state index is 14.2. The largest absolute Gasteiger partial charge is 0.481 e. The van der Waals surface area contributed by atoms with Gasteiger partial charge >= 0.3 is 0 Å². The lowest BCUT2D eigenvalue weighted by Gasteiger charge is -2.21. The van der Waals surface area contributed by atoms with E-state index in [-0.39, 0.29) is 12.4 Å². The molecule has 1 saturated heterocycles. The van der Waals surface area contributed by atoms with Crippen molar-refractivity contribution in [1.82, 2.24) is 14.9 Å². The van der Waals surface area contributed by atoms with Crippen molar-refractivity contribution in [1.29, 1.82) is 0 Å². The van der Waals surface area contributed by atoms with Crippen LogP contribution in [-0.4, -0.2) is 58.9 Å². The quantitative estimate of drug-likeness (QED) is 0.844. The molecule has 0 aliphatic carbocycles.